The van der Waals surface area contributed by atoms with E-state index in [4.69, 9.17) is 5.73 Å². The second-order valence-corrected chi connectivity index (χ2v) is 19.7. The van der Waals surface area contributed by atoms with Crippen LogP contribution in [0.1, 0.15) is 96.8 Å². The molecule has 0 aromatic heterocycles. The number of hydrogen-bond donors (Lipinski definition) is 1. The van der Waals surface area contributed by atoms with Gasteiger partial charge in [0.05, 0.1) is 23.7 Å². The number of benzene rings is 2. The van der Waals surface area contributed by atoms with Gasteiger partial charge in [0.25, 0.3) is 0 Å². The number of para-hydroxylation sites is 1. The van der Waals surface area contributed by atoms with Gasteiger partial charge in [-0.2, -0.15) is 0 Å². The minimum Gasteiger partial charge on any atom is -1.00 e. The van der Waals surface area contributed by atoms with E-state index in [2.05, 4.69) is 55.5 Å². The van der Waals surface area contributed by atoms with E-state index in [9.17, 15) is 0 Å². The molecular formula is C36H49ClNPPd. The fraction of sp³-hybridized carbons (Fsp3) is 0.667. The van der Waals surface area contributed by atoms with Crippen molar-refractivity contribution in [3.63, 3.8) is 0 Å². The van der Waals surface area contributed by atoms with Gasteiger partial charge in [-0.15, -0.1) is 0 Å². The Bertz CT molecular complexity index is 1110. The topological polar surface area (TPSA) is 26.0 Å². The molecule has 40 heavy (non-hydrogen) atoms. The van der Waals surface area contributed by atoms with Crippen LogP contribution in [0.4, 0.5) is 5.69 Å². The second-order valence-electron chi connectivity index (χ2n) is 15.3. The maximum absolute atomic E-state index is 6.79. The average Bonchev–Trinajstić information content (AvgIpc) is 2.88. The van der Waals surface area contributed by atoms with E-state index >= 15 is 0 Å². The number of hydrogen-bond acceptors (Lipinski definition) is 1. The molecule has 4 heteroatoms. The molecule has 0 atom stereocenters. The first-order valence-electron chi connectivity index (χ1n) is 16.4. The van der Waals surface area contributed by atoms with E-state index in [0.29, 0.717) is 10.3 Å². The van der Waals surface area contributed by atoms with Gasteiger partial charge in [-0.05, 0) is 131 Å². The minimum absolute atomic E-state index is 0. The van der Waals surface area contributed by atoms with Gasteiger partial charge in [-0.3, -0.25) is 0 Å². The van der Waals surface area contributed by atoms with Crippen LogP contribution in [0.5, 0.6) is 0 Å². The normalized spacial score (nSPS) is 39.8. The molecule has 2 aromatic carbocycles. The average molecular weight is 669 g/mol. The van der Waals surface area contributed by atoms with Crippen molar-refractivity contribution in [1.82, 2.24) is 0 Å². The molecule has 8 aliphatic carbocycles. The molecule has 0 unspecified atom stereocenters. The predicted octanol–water partition coefficient (Wildman–Crippen LogP) is 6.32. The van der Waals surface area contributed by atoms with E-state index in [1.807, 2.05) is 5.30 Å². The summed E-state index contributed by atoms with van der Waals surface area (Å²) in [6, 6.07) is 18.8. The molecule has 0 heterocycles. The number of halogens is 1. The fourth-order valence-corrected chi connectivity index (χ4v) is 21.2. The zero-order valence-electron chi connectivity index (χ0n) is 24.4. The van der Waals surface area contributed by atoms with Crippen LogP contribution in [0.3, 0.4) is 0 Å². The van der Waals surface area contributed by atoms with Crippen molar-refractivity contribution in [2.45, 2.75) is 107 Å². The number of anilines is 1. The van der Waals surface area contributed by atoms with Gasteiger partial charge in [0, 0.05) is 37.2 Å². The van der Waals surface area contributed by atoms with Crippen molar-refractivity contribution in [3.05, 3.63) is 48.5 Å². The van der Waals surface area contributed by atoms with Gasteiger partial charge in [0.1, 0.15) is 5.30 Å². The summed E-state index contributed by atoms with van der Waals surface area (Å²) < 4.78 is 0. The van der Waals surface area contributed by atoms with E-state index in [1.54, 1.807) is 77.0 Å². The van der Waals surface area contributed by atoms with E-state index in [-0.39, 0.29) is 32.8 Å². The Balaban J connectivity index is 0.00000145. The minimum atomic E-state index is -1.54. The molecule has 10 rings (SSSR count). The van der Waals surface area contributed by atoms with Crippen LogP contribution in [-0.2, 0) is 20.4 Å². The van der Waals surface area contributed by atoms with Crippen LogP contribution in [0.2, 0.25) is 0 Å². The van der Waals surface area contributed by atoms with Gasteiger partial charge in [-0.1, -0.05) is 49.7 Å². The quantitative estimate of drug-likeness (QED) is 0.209. The number of nitrogens with two attached hydrogens (primary N) is 1. The van der Waals surface area contributed by atoms with Crippen LogP contribution in [0.15, 0.2) is 48.5 Å². The molecule has 2 N–H and O–H groups in total. The van der Waals surface area contributed by atoms with Crippen molar-refractivity contribution >= 4 is 18.3 Å². The molecule has 0 amide bonds. The third-order valence-electron chi connectivity index (χ3n) is 13.0. The molecular weight excluding hydrogens is 619 g/mol. The number of nitrogen functional groups attached to an aromatic ring is 1. The smallest absolute Gasteiger partial charge is 0.103 e. The molecule has 8 saturated carbocycles. The summed E-state index contributed by atoms with van der Waals surface area (Å²) >= 11 is 0. The Kier molecular flexibility index (Phi) is 8.13. The van der Waals surface area contributed by atoms with Gasteiger partial charge in [0.15, 0.2) is 0 Å². The molecule has 1 nitrogen and oxygen atoms in total. The SMILES string of the molecule is CCCC[P+](c1ccccc1-c1ccccc1N)(C12CC3CC(CC(C3)C1)C2)C12CC3CC(CC(C3)C1)C2.[Cl-].[Pd]. The van der Waals surface area contributed by atoms with E-state index in [0.717, 1.165) is 41.2 Å². The third kappa shape index (κ3) is 4.28. The summed E-state index contributed by atoms with van der Waals surface area (Å²) in [7, 11) is -1.54. The largest absolute Gasteiger partial charge is 1.00 e. The first-order chi connectivity index (χ1) is 18.5. The first kappa shape index (κ1) is 29.7. The van der Waals surface area contributed by atoms with Crippen molar-refractivity contribution in [1.29, 1.82) is 0 Å². The van der Waals surface area contributed by atoms with Crippen molar-refractivity contribution in [2.24, 2.45) is 35.5 Å². The van der Waals surface area contributed by atoms with Crippen molar-refractivity contribution in [2.75, 3.05) is 11.9 Å². The molecule has 0 radical (unpaired) electrons. The molecule has 8 fully saturated rings. The summed E-state index contributed by atoms with van der Waals surface area (Å²) in [5, 5.41) is 3.04. The van der Waals surface area contributed by atoms with Crippen LogP contribution < -0.4 is 23.4 Å². The molecule has 220 valence electrons. The van der Waals surface area contributed by atoms with Crippen molar-refractivity contribution < 1.29 is 32.8 Å². The number of rotatable bonds is 7. The molecule has 2 aromatic rings. The molecule has 0 spiro atoms. The van der Waals surface area contributed by atoms with Crippen LogP contribution in [-0.4, -0.2) is 16.5 Å². The molecule has 8 bridgehead atoms. The fourth-order valence-electron chi connectivity index (χ4n) is 12.8. The third-order valence-corrected chi connectivity index (χ3v) is 19.6. The van der Waals surface area contributed by atoms with Crippen LogP contribution in [0.25, 0.3) is 11.1 Å². The zero-order valence-corrected chi connectivity index (χ0v) is 27.6. The van der Waals surface area contributed by atoms with Gasteiger partial charge in [0.2, 0.25) is 0 Å². The zero-order chi connectivity index (χ0) is 25.5. The van der Waals surface area contributed by atoms with Crippen LogP contribution in [0, 0.1) is 35.5 Å². The monoisotopic (exact) mass is 667 g/mol. The Morgan fingerprint density at radius 3 is 1.48 bits per heavy atom. The Morgan fingerprint density at radius 2 is 1.05 bits per heavy atom. The molecule has 8 aliphatic rings. The summed E-state index contributed by atoms with van der Waals surface area (Å²) in [5.74, 6) is 6.11. The summed E-state index contributed by atoms with van der Waals surface area (Å²) in [6.45, 7) is 2.47. The maximum atomic E-state index is 6.79. The maximum Gasteiger partial charge on any atom is 0.103 e. The second kappa shape index (κ2) is 11.0. The van der Waals surface area contributed by atoms with E-state index in [1.165, 1.54) is 30.1 Å². The molecule has 0 aliphatic heterocycles. The number of unbranched alkanes of at least 4 members (excludes halogenated alkanes) is 1. The Labute approximate surface area is 264 Å². The predicted molar refractivity (Wildman–Crippen MR) is 164 cm³/mol. The summed E-state index contributed by atoms with van der Waals surface area (Å²) in [5.41, 5.74) is 10.6. The van der Waals surface area contributed by atoms with E-state index < -0.39 is 7.26 Å². The van der Waals surface area contributed by atoms with Crippen LogP contribution >= 0.6 is 7.26 Å². The summed E-state index contributed by atoms with van der Waals surface area (Å²) in [4.78, 5) is 0. The Morgan fingerprint density at radius 1 is 0.650 bits per heavy atom. The Hall–Kier alpha value is -0.378. The van der Waals surface area contributed by atoms with Crippen molar-refractivity contribution in [3.8, 4) is 11.1 Å². The standard InChI is InChI=1S/C36H49NP.ClH.Pd/c1-2-3-12-38(35-19-25-13-26(20-35)15-27(14-25)21-35,36-22-28-16-29(23-36)18-30(17-28)24-36)34-11-7-5-9-32(34)31-8-4-6-10-33(31)37;;/h4-11,25-30H,2-3,12-24,37H2,1H3;1H;/q+1;;/p-1. The molecule has 0 saturated heterocycles. The summed E-state index contributed by atoms with van der Waals surface area (Å²) in [6.07, 6.45) is 23.0. The first-order valence-corrected chi connectivity index (χ1v) is 18.3. The van der Waals surface area contributed by atoms with Gasteiger partial charge in [-0.25, -0.2) is 0 Å². The van der Waals surface area contributed by atoms with Gasteiger partial charge < -0.3 is 18.1 Å². The van der Waals surface area contributed by atoms with Gasteiger partial charge >= 0.3 is 0 Å².